The highest BCUT2D eigenvalue weighted by molar-refractivity contribution is 6.30. The van der Waals surface area contributed by atoms with Gasteiger partial charge >= 0.3 is 0 Å². The van der Waals surface area contributed by atoms with E-state index < -0.39 is 0 Å². The Hall–Kier alpha value is -1.52. The van der Waals surface area contributed by atoms with Gasteiger partial charge < -0.3 is 10.5 Å². The summed E-state index contributed by atoms with van der Waals surface area (Å²) >= 11 is 6.37. The van der Waals surface area contributed by atoms with Gasteiger partial charge in [0.15, 0.2) is 0 Å². The van der Waals surface area contributed by atoms with Crippen LogP contribution in [-0.4, -0.2) is 22.9 Å². The molecule has 0 radical (unpaired) electrons. The first-order chi connectivity index (χ1) is 10.0. The SMILES string of the molecule is Cc1nn(C)c(Cl)c1CC1(CN)COc2ccccc2C1. The minimum atomic E-state index is -0.119. The Morgan fingerprint density at radius 3 is 2.86 bits per heavy atom. The van der Waals surface area contributed by atoms with Gasteiger partial charge in [-0.25, -0.2) is 0 Å². The Balaban J connectivity index is 1.92. The molecule has 112 valence electrons. The molecule has 1 atom stereocenters. The first kappa shape index (κ1) is 14.4. The zero-order valence-electron chi connectivity index (χ0n) is 12.4. The van der Waals surface area contributed by atoms with Gasteiger partial charge in [-0.05, 0) is 31.4 Å². The van der Waals surface area contributed by atoms with Crippen LogP contribution in [0.1, 0.15) is 16.8 Å². The van der Waals surface area contributed by atoms with Gasteiger partial charge in [-0.3, -0.25) is 4.68 Å². The largest absolute Gasteiger partial charge is 0.493 e. The molecule has 21 heavy (non-hydrogen) atoms. The average molecular weight is 306 g/mol. The number of aromatic nitrogens is 2. The van der Waals surface area contributed by atoms with E-state index in [1.807, 2.05) is 32.2 Å². The molecule has 1 aliphatic heterocycles. The Kier molecular flexibility index (Phi) is 3.68. The third kappa shape index (κ3) is 2.54. The molecule has 0 spiro atoms. The topological polar surface area (TPSA) is 53.1 Å². The van der Waals surface area contributed by atoms with Crippen LogP contribution in [0.25, 0.3) is 0 Å². The Bertz CT molecular complexity index is 668. The molecule has 1 unspecified atom stereocenters. The van der Waals surface area contributed by atoms with E-state index in [4.69, 9.17) is 22.1 Å². The number of aryl methyl sites for hydroxylation is 2. The fourth-order valence-corrected chi connectivity index (χ4v) is 3.28. The highest BCUT2D eigenvalue weighted by Crippen LogP contribution is 2.38. The minimum absolute atomic E-state index is 0.119. The summed E-state index contributed by atoms with van der Waals surface area (Å²) in [4.78, 5) is 0. The molecule has 2 heterocycles. The maximum atomic E-state index is 6.37. The number of fused-ring (bicyclic) bond motifs is 1. The average Bonchev–Trinajstić information content (AvgIpc) is 2.73. The Morgan fingerprint density at radius 1 is 1.43 bits per heavy atom. The molecule has 1 aromatic carbocycles. The van der Waals surface area contributed by atoms with E-state index in [1.54, 1.807) is 4.68 Å². The van der Waals surface area contributed by atoms with Crippen molar-refractivity contribution in [1.82, 2.24) is 9.78 Å². The lowest BCUT2D eigenvalue weighted by atomic mass is 9.76. The van der Waals surface area contributed by atoms with Crippen LogP contribution in [-0.2, 0) is 19.9 Å². The molecular weight excluding hydrogens is 286 g/mol. The molecule has 0 bridgehead atoms. The van der Waals surface area contributed by atoms with Crippen molar-refractivity contribution in [1.29, 1.82) is 0 Å². The quantitative estimate of drug-likeness (QED) is 0.948. The zero-order chi connectivity index (χ0) is 15.0. The summed E-state index contributed by atoms with van der Waals surface area (Å²) in [6.07, 6.45) is 1.70. The lowest BCUT2D eigenvalue weighted by molar-refractivity contribution is 0.126. The van der Waals surface area contributed by atoms with Crippen LogP contribution in [0, 0.1) is 12.3 Å². The summed E-state index contributed by atoms with van der Waals surface area (Å²) in [5.74, 6) is 0.968. The second-order valence-electron chi connectivity index (χ2n) is 5.93. The maximum Gasteiger partial charge on any atom is 0.130 e. The van der Waals surface area contributed by atoms with E-state index in [9.17, 15) is 0 Å². The number of ether oxygens (including phenoxy) is 1. The molecule has 2 aromatic rings. The number of hydrogen-bond donors (Lipinski definition) is 1. The number of para-hydroxylation sites is 1. The monoisotopic (exact) mass is 305 g/mol. The van der Waals surface area contributed by atoms with Gasteiger partial charge in [-0.15, -0.1) is 0 Å². The van der Waals surface area contributed by atoms with Crippen LogP contribution in [0.5, 0.6) is 5.75 Å². The summed E-state index contributed by atoms with van der Waals surface area (Å²) in [5.41, 5.74) is 9.24. The van der Waals surface area contributed by atoms with Crippen LogP contribution < -0.4 is 10.5 Å². The van der Waals surface area contributed by atoms with Crippen molar-refractivity contribution in [3.63, 3.8) is 0 Å². The molecule has 1 aromatic heterocycles. The van der Waals surface area contributed by atoms with E-state index in [2.05, 4.69) is 11.2 Å². The van der Waals surface area contributed by atoms with Gasteiger partial charge in [0.1, 0.15) is 10.9 Å². The lowest BCUT2D eigenvalue weighted by Crippen LogP contribution is -2.43. The van der Waals surface area contributed by atoms with Gasteiger partial charge in [-0.2, -0.15) is 5.10 Å². The minimum Gasteiger partial charge on any atom is -0.493 e. The Morgan fingerprint density at radius 2 is 2.19 bits per heavy atom. The number of rotatable bonds is 3. The molecule has 0 fully saturated rings. The van der Waals surface area contributed by atoms with Crippen LogP contribution in [0.3, 0.4) is 0 Å². The highest BCUT2D eigenvalue weighted by Gasteiger charge is 2.36. The summed E-state index contributed by atoms with van der Waals surface area (Å²) in [6, 6.07) is 8.15. The molecule has 0 amide bonds. The van der Waals surface area contributed by atoms with Gasteiger partial charge in [0.2, 0.25) is 0 Å². The van der Waals surface area contributed by atoms with Crippen molar-refractivity contribution >= 4 is 11.6 Å². The summed E-state index contributed by atoms with van der Waals surface area (Å²) in [5, 5.41) is 5.08. The Labute approximate surface area is 129 Å². The van der Waals surface area contributed by atoms with Crippen molar-refractivity contribution in [3.8, 4) is 5.75 Å². The van der Waals surface area contributed by atoms with Gasteiger partial charge in [0.25, 0.3) is 0 Å². The van der Waals surface area contributed by atoms with Crippen molar-refractivity contribution in [2.24, 2.45) is 18.2 Å². The molecule has 3 rings (SSSR count). The fraction of sp³-hybridized carbons (Fsp3) is 0.438. The van der Waals surface area contributed by atoms with E-state index in [-0.39, 0.29) is 5.41 Å². The molecule has 4 nitrogen and oxygen atoms in total. The van der Waals surface area contributed by atoms with Crippen LogP contribution in [0.15, 0.2) is 24.3 Å². The third-order valence-corrected chi connectivity index (χ3v) is 4.80. The van der Waals surface area contributed by atoms with E-state index in [0.717, 1.165) is 29.8 Å². The van der Waals surface area contributed by atoms with E-state index in [1.165, 1.54) is 5.56 Å². The van der Waals surface area contributed by atoms with Gasteiger partial charge in [0, 0.05) is 24.6 Å². The molecule has 5 heteroatoms. The molecule has 1 aliphatic rings. The first-order valence-electron chi connectivity index (χ1n) is 7.13. The third-order valence-electron chi connectivity index (χ3n) is 4.33. The van der Waals surface area contributed by atoms with E-state index in [0.29, 0.717) is 18.3 Å². The number of nitrogens with two attached hydrogens (primary N) is 1. The van der Waals surface area contributed by atoms with Crippen LogP contribution in [0.4, 0.5) is 0 Å². The lowest BCUT2D eigenvalue weighted by Gasteiger charge is -2.37. The van der Waals surface area contributed by atoms with Crippen molar-refractivity contribution in [2.45, 2.75) is 19.8 Å². The van der Waals surface area contributed by atoms with Crippen molar-refractivity contribution in [3.05, 3.63) is 46.2 Å². The standard InChI is InChI=1S/C16H20ClN3O/c1-11-13(15(17)20(2)19-11)8-16(9-18)7-12-5-3-4-6-14(12)21-10-16/h3-6H,7-10,18H2,1-2H3. The predicted molar refractivity (Wildman–Crippen MR) is 83.8 cm³/mol. The molecular formula is C16H20ClN3O. The van der Waals surface area contributed by atoms with Crippen molar-refractivity contribution < 1.29 is 4.74 Å². The fourth-order valence-electron chi connectivity index (χ4n) is 3.04. The molecule has 0 aliphatic carbocycles. The number of hydrogen-bond acceptors (Lipinski definition) is 3. The van der Waals surface area contributed by atoms with Crippen LogP contribution in [0.2, 0.25) is 5.15 Å². The number of nitrogens with zero attached hydrogens (tertiary/aromatic N) is 2. The highest BCUT2D eigenvalue weighted by atomic mass is 35.5. The number of benzene rings is 1. The van der Waals surface area contributed by atoms with E-state index >= 15 is 0 Å². The second kappa shape index (κ2) is 5.35. The molecule has 0 saturated heterocycles. The number of halogens is 1. The van der Waals surface area contributed by atoms with Gasteiger partial charge in [-0.1, -0.05) is 29.8 Å². The predicted octanol–water partition coefficient (Wildman–Crippen LogP) is 2.50. The summed E-state index contributed by atoms with van der Waals surface area (Å²) in [7, 11) is 1.86. The maximum absolute atomic E-state index is 6.37. The smallest absolute Gasteiger partial charge is 0.130 e. The summed E-state index contributed by atoms with van der Waals surface area (Å²) in [6.45, 7) is 3.17. The molecule has 0 saturated carbocycles. The van der Waals surface area contributed by atoms with Gasteiger partial charge in [0.05, 0.1) is 12.3 Å². The molecule has 2 N–H and O–H groups in total. The summed E-state index contributed by atoms with van der Waals surface area (Å²) < 4.78 is 7.66. The normalized spacial score (nSPS) is 21.0. The van der Waals surface area contributed by atoms with Crippen molar-refractivity contribution in [2.75, 3.05) is 13.2 Å². The zero-order valence-corrected chi connectivity index (χ0v) is 13.2. The first-order valence-corrected chi connectivity index (χ1v) is 7.51. The van der Waals surface area contributed by atoms with Crippen LogP contribution >= 0.6 is 11.6 Å². The second-order valence-corrected chi connectivity index (χ2v) is 6.29.